The van der Waals surface area contributed by atoms with Crippen LogP contribution >= 0.6 is 0 Å². The number of aliphatic hydroxyl groups is 4. The molecule has 2 heterocycles. The predicted molar refractivity (Wildman–Crippen MR) is 94.2 cm³/mol. The molecule has 4 N–H and O–H groups in total. The van der Waals surface area contributed by atoms with Crippen molar-refractivity contribution in [3.05, 3.63) is 12.2 Å². The Morgan fingerprint density at radius 1 is 1.42 bits per heavy atom. The molecule has 8 atom stereocenters. The zero-order valence-corrected chi connectivity index (χ0v) is 16.0. The summed E-state index contributed by atoms with van der Waals surface area (Å²) in [5, 5.41) is 40.9. The second kappa shape index (κ2) is 8.04. The summed E-state index contributed by atoms with van der Waals surface area (Å²) < 4.78 is 11.0. The van der Waals surface area contributed by atoms with Gasteiger partial charge in [0.1, 0.15) is 11.4 Å². The highest BCUT2D eigenvalue weighted by Crippen LogP contribution is 2.47. The van der Waals surface area contributed by atoms with E-state index < -0.39 is 47.8 Å². The minimum atomic E-state index is -1.44. The van der Waals surface area contributed by atoms with E-state index in [0.29, 0.717) is 6.42 Å². The number of rotatable bonds is 8. The van der Waals surface area contributed by atoms with Crippen LogP contribution in [0.15, 0.2) is 12.2 Å². The summed E-state index contributed by atoms with van der Waals surface area (Å²) in [6.07, 6.45) is 1.55. The van der Waals surface area contributed by atoms with Crippen LogP contribution in [0.5, 0.6) is 0 Å². The Morgan fingerprint density at radius 3 is 2.58 bits per heavy atom. The molecule has 0 saturated carbocycles. The van der Waals surface area contributed by atoms with E-state index in [0.717, 1.165) is 0 Å². The fourth-order valence-electron chi connectivity index (χ4n) is 3.93. The van der Waals surface area contributed by atoms with Crippen molar-refractivity contribution in [1.29, 1.82) is 0 Å². The Labute approximate surface area is 154 Å². The molecule has 0 amide bonds. The lowest BCUT2D eigenvalue weighted by Gasteiger charge is -2.39. The molecule has 7 heteroatoms. The molecule has 2 saturated heterocycles. The second-order valence-corrected chi connectivity index (χ2v) is 7.73. The SMILES string of the molecule is C/C=C\[C@H](C)[C@H]1O[C@]1(C)[C@@H](O)[C@H](CO)C(=O)[C@H]1CO[C@@](O)(CC)C[C@@H]1O. The first-order valence-electron chi connectivity index (χ1n) is 9.31. The van der Waals surface area contributed by atoms with E-state index in [1.807, 2.05) is 26.0 Å². The molecule has 0 aliphatic carbocycles. The lowest BCUT2D eigenvalue weighted by atomic mass is 9.78. The van der Waals surface area contributed by atoms with E-state index in [4.69, 9.17) is 9.47 Å². The summed E-state index contributed by atoms with van der Waals surface area (Å²) in [4.78, 5) is 12.8. The summed E-state index contributed by atoms with van der Waals surface area (Å²) >= 11 is 0. The molecule has 0 bridgehead atoms. The molecule has 7 nitrogen and oxygen atoms in total. The van der Waals surface area contributed by atoms with Crippen molar-refractivity contribution in [3.8, 4) is 0 Å². The lowest BCUT2D eigenvalue weighted by Crippen LogP contribution is -2.53. The highest BCUT2D eigenvalue weighted by Gasteiger charge is 2.62. The molecule has 2 aliphatic heterocycles. The van der Waals surface area contributed by atoms with Crippen molar-refractivity contribution in [3.63, 3.8) is 0 Å². The Bertz CT molecular complexity index is 536. The van der Waals surface area contributed by atoms with Crippen molar-refractivity contribution in [2.45, 2.75) is 70.2 Å². The molecule has 0 unspecified atom stereocenters. The van der Waals surface area contributed by atoms with Crippen molar-refractivity contribution in [2.75, 3.05) is 13.2 Å². The van der Waals surface area contributed by atoms with Gasteiger partial charge in [0.15, 0.2) is 5.79 Å². The number of ether oxygens (including phenoxy) is 2. The third-order valence-electron chi connectivity index (χ3n) is 5.83. The lowest BCUT2D eigenvalue weighted by molar-refractivity contribution is -0.258. The maximum atomic E-state index is 12.8. The van der Waals surface area contributed by atoms with E-state index in [1.54, 1.807) is 13.8 Å². The van der Waals surface area contributed by atoms with Gasteiger partial charge >= 0.3 is 0 Å². The standard InChI is InChI=1S/C19H32O7/c1-5-7-11(3)17-18(4,26-17)16(23)12(9-20)15(22)13-10-25-19(24,6-2)8-14(13)21/h5,7,11-14,16-17,20-21,23-24H,6,8-10H2,1-4H3/b7-5-/t11-,12+,13-,14-,16-,17+,18+,19-/m0/s1. The van der Waals surface area contributed by atoms with Gasteiger partial charge in [-0.1, -0.05) is 26.0 Å². The molecule has 0 spiro atoms. The smallest absolute Gasteiger partial charge is 0.167 e. The number of Topliss-reactive ketones (excluding diaryl/α,β-unsaturated/α-hetero) is 1. The maximum absolute atomic E-state index is 12.8. The van der Waals surface area contributed by atoms with Crippen LogP contribution in [-0.4, -0.2) is 69.1 Å². The molecule has 2 rings (SSSR count). The summed E-state index contributed by atoms with van der Waals surface area (Å²) in [6, 6.07) is 0. The first-order chi connectivity index (χ1) is 12.1. The Morgan fingerprint density at radius 2 is 2.08 bits per heavy atom. The number of carbonyl (C=O) groups is 1. The summed E-state index contributed by atoms with van der Waals surface area (Å²) in [5.41, 5.74) is -0.924. The fourth-order valence-corrected chi connectivity index (χ4v) is 3.93. The summed E-state index contributed by atoms with van der Waals surface area (Å²) in [7, 11) is 0. The molecule has 2 aliphatic rings. The maximum Gasteiger partial charge on any atom is 0.167 e. The van der Waals surface area contributed by atoms with Gasteiger partial charge in [0.25, 0.3) is 0 Å². The first-order valence-corrected chi connectivity index (χ1v) is 9.31. The van der Waals surface area contributed by atoms with Crippen LogP contribution in [0.2, 0.25) is 0 Å². The van der Waals surface area contributed by atoms with Gasteiger partial charge in [-0.25, -0.2) is 0 Å². The van der Waals surface area contributed by atoms with E-state index in [9.17, 15) is 25.2 Å². The second-order valence-electron chi connectivity index (χ2n) is 7.73. The van der Waals surface area contributed by atoms with E-state index in [-0.39, 0.29) is 25.0 Å². The van der Waals surface area contributed by atoms with Crippen LogP contribution < -0.4 is 0 Å². The van der Waals surface area contributed by atoms with Gasteiger partial charge in [-0.15, -0.1) is 0 Å². The van der Waals surface area contributed by atoms with Crippen LogP contribution in [0.4, 0.5) is 0 Å². The van der Waals surface area contributed by atoms with Gasteiger partial charge in [0, 0.05) is 12.3 Å². The van der Waals surface area contributed by atoms with Crippen LogP contribution in [0.1, 0.15) is 40.5 Å². The number of allylic oxidation sites excluding steroid dienone is 1. The van der Waals surface area contributed by atoms with E-state index >= 15 is 0 Å². The normalized spacial score (nSPS) is 41.0. The summed E-state index contributed by atoms with van der Waals surface area (Å²) in [6.45, 7) is 6.61. The minimum Gasteiger partial charge on any atom is -0.396 e. The van der Waals surface area contributed by atoms with E-state index in [2.05, 4.69) is 0 Å². The van der Waals surface area contributed by atoms with Crippen LogP contribution in [0, 0.1) is 17.8 Å². The Kier molecular flexibility index (Phi) is 6.64. The number of hydrogen-bond donors (Lipinski definition) is 4. The minimum absolute atomic E-state index is 0.0669. The largest absolute Gasteiger partial charge is 0.396 e. The molecule has 2 fully saturated rings. The first kappa shape index (κ1) is 21.5. The number of carbonyl (C=O) groups excluding carboxylic acids is 1. The predicted octanol–water partition coefficient (Wildman–Crippen LogP) is 0.391. The average Bonchev–Trinajstić information content (AvgIpc) is 3.29. The molecule has 26 heavy (non-hydrogen) atoms. The van der Waals surface area contributed by atoms with Crippen molar-refractivity contribution in [1.82, 2.24) is 0 Å². The van der Waals surface area contributed by atoms with Gasteiger partial charge < -0.3 is 29.9 Å². The summed E-state index contributed by atoms with van der Waals surface area (Å²) in [5.74, 6) is -3.83. The Balaban J connectivity index is 2.07. The van der Waals surface area contributed by atoms with E-state index in [1.165, 1.54) is 0 Å². The van der Waals surface area contributed by atoms with Gasteiger partial charge in [-0.05, 0) is 20.3 Å². The molecule has 0 radical (unpaired) electrons. The highest BCUT2D eigenvalue weighted by atomic mass is 16.6. The molecular weight excluding hydrogens is 340 g/mol. The van der Waals surface area contributed by atoms with Gasteiger partial charge in [0.05, 0.1) is 43.4 Å². The third-order valence-corrected chi connectivity index (χ3v) is 5.83. The monoisotopic (exact) mass is 372 g/mol. The highest BCUT2D eigenvalue weighted by molar-refractivity contribution is 5.85. The van der Waals surface area contributed by atoms with Crippen molar-refractivity contribution in [2.24, 2.45) is 17.8 Å². The number of ketones is 1. The number of epoxide rings is 1. The number of hydrogen-bond acceptors (Lipinski definition) is 7. The topological polar surface area (TPSA) is 120 Å². The quantitative estimate of drug-likeness (QED) is 0.359. The third kappa shape index (κ3) is 4.03. The van der Waals surface area contributed by atoms with Crippen molar-refractivity contribution < 1.29 is 34.7 Å². The number of aliphatic hydroxyl groups excluding tert-OH is 3. The zero-order valence-electron chi connectivity index (χ0n) is 16.0. The van der Waals surface area contributed by atoms with Gasteiger partial charge in [0.2, 0.25) is 0 Å². The zero-order chi connectivity index (χ0) is 19.7. The van der Waals surface area contributed by atoms with Crippen LogP contribution in [0.25, 0.3) is 0 Å². The Hall–Kier alpha value is -0.830. The average molecular weight is 372 g/mol. The van der Waals surface area contributed by atoms with Gasteiger partial charge in [-0.2, -0.15) is 0 Å². The molecular formula is C19H32O7. The van der Waals surface area contributed by atoms with Crippen molar-refractivity contribution >= 4 is 5.78 Å². The molecule has 0 aromatic heterocycles. The van der Waals surface area contributed by atoms with Crippen LogP contribution in [-0.2, 0) is 14.3 Å². The fraction of sp³-hybridized carbons (Fsp3) is 0.842. The molecule has 0 aromatic carbocycles. The van der Waals surface area contributed by atoms with Gasteiger partial charge in [-0.3, -0.25) is 4.79 Å². The molecule has 150 valence electrons. The van der Waals surface area contributed by atoms with Crippen LogP contribution in [0.3, 0.4) is 0 Å². The molecule has 0 aromatic rings.